The van der Waals surface area contributed by atoms with Crippen molar-refractivity contribution in [3.05, 3.63) is 51.2 Å². The van der Waals surface area contributed by atoms with Crippen molar-refractivity contribution in [3.63, 3.8) is 0 Å². The Morgan fingerprint density at radius 1 is 1.33 bits per heavy atom. The molecule has 0 aliphatic rings. The van der Waals surface area contributed by atoms with E-state index in [0.29, 0.717) is 17.9 Å². The van der Waals surface area contributed by atoms with Gasteiger partial charge in [-0.2, -0.15) is 0 Å². The van der Waals surface area contributed by atoms with E-state index in [4.69, 9.17) is 16.7 Å². The molecule has 2 N–H and O–H groups in total. The summed E-state index contributed by atoms with van der Waals surface area (Å²) in [6.07, 6.45) is 2.72. The first-order valence-electron chi connectivity index (χ1n) is 7.36. The first-order valence-corrected chi connectivity index (χ1v) is 9.84. The molecule has 1 amide bonds. The van der Waals surface area contributed by atoms with E-state index < -0.39 is 12.0 Å². The van der Waals surface area contributed by atoms with Crippen molar-refractivity contribution in [1.29, 1.82) is 0 Å². The molecule has 0 saturated heterocycles. The van der Waals surface area contributed by atoms with E-state index in [1.807, 2.05) is 42.0 Å². The van der Waals surface area contributed by atoms with Crippen LogP contribution in [0.15, 0.2) is 40.6 Å². The number of rotatable bonds is 8. The van der Waals surface area contributed by atoms with Crippen molar-refractivity contribution in [2.45, 2.75) is 30.2 Å². The summed E-state index contributed by atoms with van der Waals surface area (Å²) in [6.45, 7) is 0. The van der Waals surface area contributed by atoms with E-state index in [2.05, 4.69) is 5.32 Å². The molecule has 0 fully saturated rings. The van der Waals surface area contributed by atoms with Gasteiger partial charge in [0.15, 0.2) is 0 Å². The second kappa shape index (κ2) is 9.11. The van der Waals surface area contributed by atoms with Gasteiger partial charge in [0, 0.05) is 21.6 Å². The molecule has 1 atom stereocenters. The molecular weight excluding hydrogens is 366 g/mol. The molecule has 1 aromatic carbocycles. The average molecular weight is 384 g/mol. The number of halogens is 1. The fourth-order valence-electron chi connectivity index (χ4n) is 2.25. The number of hydrogen-bond donors (Lipinski definition) is 2. The summed E-state index contributed by atoms with van der Waals surface area (Å²) >= 11 is 8.99. The molecule has 4 nitrogen and oxygen atoms in total. The van der Waals surface area contributed by atoms with Crippen molar-refractivity contribution in [3.8, 4) is 0 Å². The van der Waals surface area contributed by atoms with Gasteiger partial charge in [0.2, 0.25) is 5.91 Å². The third-order valence-electron chi connectivity index (χ3n) is 3.45. The first kappa shape index (κ1) is 18.8. The summed E-state index contributed by atoms with van der Waals surface area (Å²) in [5.41, 5.74) is 0.794. The highest BCUT2D eigenvalue weighted by atomic mass is 35.5. The number of aliphatic carboxylic acids is 1. The average Bonchev–Trinajstić information content (AvgIpc) is 2.97. The van der Waals surface area contributed by atoms with Gasteiger partial charge < -0.3 is 10.4 Å². The molecule has 1 unspecified atom stereocenters. The summed E-state index contributed by atoms with van der Waals surface area (Å²) in [5, 5.41) is 14.4. The smallest absolute Gasteiger partial charge is 0.305 e. The largest absolute Gasteiger partial charge is 0.481 e. The number of carboxylic acid groups (broad SMARTS) is 1. The Hall–Kier alpha value is -1.50. The standard InChI is InChI=1S/C17H18ClNO3S2/c1-23-13-4-2-11(3-5-13)15(9-17(21)22)19-16(20)7-6-14-8-12(18)10-24-14/h2-5,8,10,15H,6-7,9H2,1H3,(H,19,20)(H,21,22). The van der Waals surface area contributed by atoms with Gasteiger partial charge in [-0.3, -0.25) is 9.59 Å². The van der Waals surface area contributed by atoms with Gasteiger partial charge in [0.25, 0.3) is 0 Å². The number of thioether (sulfide) groups is 1. The number of amides is 1. The highest BCUT2D eigenvalue weighted by Gasteiger charge is 2.18. The van der Waals surface area contributed by atoms with Crippen LogP contribution in [0.3, 0.4) is 0 Å². The van der Waals surface area contributed by atoms with E-state index >= 15 is 0 Å². The van der Waals surface area contributed by atoms with Crippen molar-refractivity contribution >= 4 is 46.6 Å². The third kappa shape index (κ3) is 5.85. The van der Waals surface area contributed by atoms with Crippen molar-refractivity contribution in [2.24, 2.45) is 0 Å². The Labute approximate surface area is 154 Å². The number of thiophene rings is 1. The van der Waals surface area contributed by atoms with Gasteiger partial charge in [-0.05, 0) is 36.4 Å². The Balaban J connectivity index is 1.98. The van der Waals surface area contributed by atoms with Crippen molar-refractivity contribution in [2.75, 3.05) is 6.26 Å². The monoisotopic (exact) mass is 383 g/mol. The molecule has 7 heteroatoms. The second-order valence-electron chi connectivity index (χ2n) is 5.22. The Bertz CT molecular complexity index is 700. The molecule has 1 heterocycles. The van der Waals surface area contributed by atoms with Crippen LogP contribution in [0, 0.1) is 0 Å². The fraction of sp³-hybridized carbons (Fsp3) is 0.294. The molecule has 128 valence electrons. The van der Waals surface area contributed by atoms with Crippen LogP contribution in [0.25, 0.3) is 0 Å². The lowest BCUT2D eigenvalue weighted by Crippen LogP contribution is -2.30. The maximum atomic E-state index is 12.2. The van der Waals surface area contributed by atoms with Gasteiger partial charge in [-0.25, -0.2) is 0 Å². The van der Waals surface area contributed by atoms with E-state index in [9.17, 15) is 9.59 Å². The Morgan fingerprint density at radius 3 is 2.58 bits per heavy atom. The zero-order valence-corrected chi connectivity index (χ0v) is 15.5. The summed E-state index contributed by atoms with van der Waals surface area (Å²) in [5.74, 6) is -1.11. The van der Waals surface area contributed by atoms with Gasteiger partial charge in [-0.15, -0.1) is 23.1 Å². The van der Waals surface area contributed by atoms with E-state index in [1.54, 1.807) is 11.8 Å². The predicted molar refractivity (Wildman–Crippen MR) is 99.0 cm³/mol. The van der Waals surface area contributed by atoms with E-state index in [1.165, 1.54) is 11.3 Å². The summed E-state index contributed by atoms with van der Waals surface area (Å²) in [6, 6.07) is 8.88. The summed E-state index contributed by atoms with van der Waals surface area (Å²) in [7, 11) is 0. The van der Waals surface area contributed by atoms with Crippen LogP contribution in [-0.4, -0.2) is 23.2 Å². The number of nitrogens with one attached hydrogen (secondary N) is 1. The van der Waals surface area contributed by atoms with Gasteiger partial charge in [0.05, 0.1) is 17.5 Å². The van der Waals surface area contributed by atoms with Crippen LogP contribution in [0.2, 0.25) is 5.02 Å². The van der Waals surface area contributed by atoms with Crippen LogP contribution < -0.4 is 5.32 Å². The van der Waals surface area contributed by atoms with Crippen LogP contribution >= 0.6 is 34.7 Å². The molecule has 1 aromatic heterocycles. The molecule has 24 heavy (non-hydrogen) atoms. The van der Waals surface area contributed by atoms with Crippen LogP contribution in [-0.2, 0) is 16.0 Å². The second-order valence-corrected chi connectivity index (χ2v) is 7.53. The summed E-state index contributed by atoms with van der Waals surface area (Å²) in [4.78, 5) is 25.4. The van der Waals surface area contributed by atoms with Gasteiger partial charge in [-0.1, -0.05) is 23.7 Å². The molecule has 0 saturated carbocycles. The van der Waals surface area contributed by atoms with Crippen LogP contribution in [0.5, 0.6) is 0 Å². The summed E-state index contributed by atoms with van der Waals surface area (Å²) < 4.78 is 0. The number of carbonyl (C=O) groups excluding carboxylic acids is 1. The number of carbonyl (C=O) groups is 2. The molecule has 0 aliphatic heterocycles. The molecule has 2 rings (SSSR count). The number of hydrogen-bond acceptors (Lipinski definition) is 4. The zero-order valence-electron chi connectivity index (χ0n) is 13.1. The third-order valence-corrected chi connectivity index (χ3v) is 5.54. The quantitative estimate of drug-likeness (QED) is 0.663. The lowest BCUT2D eigenvalue weighted by Gasteiger charge is -2.17. The van der Waals surface area contributed by atoms with Crippen molar-refractivity contribution in [1.82, 2.24) is 5.32 Å². The van der Waals surface area contributed by atoms with Crippen LogP contribution in [0.1, 0.15) is 29.3 Å². The highest BCUT2D eigenvalue weighted by molar-refractivity contribution is 7.98. The predicted octanol–water partition coefficient (Wildman–Crippen LogP) is 4.39. The molecule has 0 bridgehead atoms. The SMILES string of the molecule is CSc1ccc(C(CC(=O)O)NC(=O)CCc2cc(Cl)cs2)cc1. The molecule has 2 aromatic rings. The van der Waals surface area contributed by atoms with Crippen LogP contribution in [0.4, 0.5) is 0 Å². The van der Waals surface area contributed by atoms with Gasteiger partial charge >= 0.3 is 5.97 Å². The fourth-order valence-corrected chi connectivity index (χ4v) is 3.74. The van der Waals surface area contributed by atoms with Gasteiger partial charge in [0.1, 0.15) is 0 Å². The maximum Gasteiger partial charge on any atom is 0.305 e. The minimum Gasteiger partial charge on any atom is -0.481 e. The lowest BCUT2D eigenvalue weighted by molar-refractivity contribution is -0.137. The van der Waals surface area contributed by atoms with E-state index in [0.717, 1.165) is 15.3 Å². The minimum atomic E-state index is -0.945. The van der Waals surface area contributed by atoms with E-state index in [-0.39, 0.29) is 12.3 Å². The maximum absolute atomic E-state index is 12.2. The number of carboxylic acids is 1. The number of benzene rings is 1. The molecule has 0 radical (unpaired) electrons. The normalized spacial score (nSPS) is 11.9. The highest BCUT2D eigenvalue weighted by Crippen LogP contribution is 2.23. The number of aryl methyl sites for hydroxylation is 1. The zero-order chi connectivity index (χ0) is 17.5. The first-order chi connectivity index (χ1) is 11.5. The lowest BCUT2D eigenvalue weighted by atomic mass is 10.0. The Kier molecular flexibility index (Phi) is 7.15. The molecule has 0 spiro atoms. The molecular formula is C17H18ClNO3S2. The Morgan fingerprint density at radius 2 is 2.04 bits per heavy atom. The molecule has 0 aliphatic carbocycles. The minimum absolute atomic E-state index is 0.144. The van der Waals surface area contributed by atoms with Crippen molar-refractivity contribution < 1.29 is 14.7 Å². The topological polar surface area (TPSA) is 66.4 Å².